The number of phosphoric acid groups is 1. The number of fused-ring (bicyclic) bond motifs is 1. The number of halogens is 1. The summed E-state index contributed by atoms with van der Waals surface area (Å²) in [6.45, 7) is -0.350. The van der Waals surface area contributed by atoms with E-state index < -0.39 is 38.7 Å². The van der Waals surface area contributed by atoms with Crippen molar-refractivity contribution >= 4 is 30.5 Å². The zero-order chi connectivity index (χ0) is 25.4. The molecule has 0 saturated carbocycles. The normalized spacial score (nSPS) is 13.5. The fraction of sp³-hybridized carbons (Fsp3) is 0.304. The topological polar surface area (TPSA) is 141 Å². The van der Waals surface area contributed by atoms with Gasteiger partial charge in [-0.25, -0.2) is 18.7 Å². The van der Waals surface area contributed by atoms with Crippen molar-refractivity contribution < 1.29 is 37.9 Å². The van der Waals surface area contributed by atoms with Crippen LogP contribution in [0.15, 0.2) is 60.8 Å². The van der Waals surface area contributed by atoms with Crippen LogP contribution in [0, 0.1) is 5.82 Å². The third-order valence-corrected chi connectivity index (χ3v) is 5.58. The summed E-state index contributed by atoms with van der Waals surface area (Å²) < 4.78 is 34.3. The Morgan fingerprint density at radius 3 is 2.60 bits per heavy atom. The van der Waals surface area contributed by atoms with Gasteiger partial charge in [-0.1, -0.05) is 36.4 Å². The number of carbonyl (C=O) groups is 1. The molecule has 1 aromatic heterocycles. The number of carbonyl (C=O) groups excluding carboxylic acids is 1. The number of ether oxygens (including phenoxy) is 1. The molecular weight excluding hydrogens is 480 g/mol. The Morgan fingerprint density at radius 1 is 1.14 bits per heavy atom. The first kappa shape index (κ1) is 26.7. The minimum Gasteiger partial charge on any atom is -0.430 e. The van der Waals surface area contributed by atoms with Crippen molar-refractivity contribution in [2.75, 3.05) is 19.0 Å². The first-order valence-electron chi connectivity index (χ1n) is 10.7. The molecule has 0 spiro atoms. The monoisotopic (exact) mass is 507 g/mol. The van der Waals surface area contributed by atoms with Crippen molar-refractivity contribution in [1.82, 2.24) is 9.88 Å². The van der Waals surface area contributed by atoms with Gasteiger partial charge in [-0.05, 0) is 42.6 Å². The van der Waals surface area contributed by atoms with Gasteiger partial charge in [0.25, 0.3) is 0 Å². The van der Waals surface area contributed by atoms with Crippen LogP contribution in [0.2, 0.25) is 0 Å². The van der Waals surface area contributed by atoms with Gasteiger partial charge in [-0.15, -0.1) is 0 Å². The maximum Gasteiger partial charge on any atom is 0.469 e. The van der Waals surface area contributed by atoms with E-state index in [4.69, 9.17) is 14.5 Å². The van der Waals surface area contributed by atoms with Gasteiger partial charge in [0.15, 0.2) is 6.23 Å². The molecule has 3 rings (SSSR count). The van der Waals surface area contributed by atoms with Crippen molar-refractivity contribution in [2.24, 2.45) is 0 Å². The molecule has 35 heavy (non-hydrogen) atoms. The van der Waals surface area contributed by atoms with E-state index in [-0.39, 0.29) is 25.2 Å². The van der Waals surface area contributed by atoms with Crippen molar-refractivity contribution in [2.45, 2.75) is 31.7 Å². The third-order valence-electron chi connectivity index (χ3n) is 5.10. The standard InChI is InChI=1S/C23H27FN3O7P/c1-27(14-16-5-4-8-19(24)11-16)22(10-9-20(28)15-33-35(30,31)32)34-23(29)26-21-12-17-6-2-3-7-18(17)13-25-21/h2-8,11-13,20,22,28H,9-10,14-15H2,1H3,(H,25,26,29)(H2,30,31,32). The molecule has 0 bridgehead atoms. The van der Waals surface area contributed by atoms with E-state index in [1.165, 1.54) is 12.1 Å². The first-order chi connectivity index (χ1) is 16.6. The Hall–Kier alpha value is -2.92. The lowest BCUT2D eigenvalue weighted by Gasteiger charge is -2.28. The highest BCUT2D eigenvalue weighted by Gasteiger charge is 2.23. The lowest BCUT2D eigenvalue weighted by Crippen LogP contribution is -2.37. The Labute approximate surface area is 201 Å². The second-order valence-electron chi connectivity index (χ2n) is 7.96. The van der Waals surface area contributed by atoms with E-state index in [9.17, 15) is 18.9 Å². The minimum absolute atomic E-state index is 0.0136. The molecule has 0 saturated heterocycles. The number of aliphatic hydroxyl groups excluding tert-OH is 1. The van der Waals surface area contributed by atoms with Crippen LogP contribution in [0.3, 0.4) is 0 Å². The Morgan fingerprint density at radius 2 is 1.89 bits per heavy atom. The van der Waals surface area contributed by atoms with Gasteiger partial charge < -0.3 is 19.6 Å². The van der Waals surface area contributed by atoms with Crippen LogP contribution >= 0.6 is 7.82 Å². The summed E-state index contributed by atoms with van der Waals surface area (Å²) in [5, 5.41) is 14.4. The van der Waals surface area contributed by atoms with E-state index in [1.54, 1.807) is 36.3 Å². The maximum atomic E-state index is 13.6. The molecule has 1 amide bonds. The minimum atomic E-state index is -4.72. The van der Waals surface area contributed by atoms with E-state index in [2.05, 4.69) is 14.8 Å². The van der Waals surface area contributed by atoms with Gasteiger partial charge in [0, 0.05) is 24.5 Å². The third kappa shape index (κ3) is 8.99. The van der Waals surface area contributed by atoms with Gasteiger partial charge in [0.1, 0.15) is 11.6 Å². The summed E-state index contributed by atoms with van der Waals surface area (Å²) in [6.07, 6.45) is -1.11. The number of aromatic nitrogens is 1. The Balaban J connectivity index is 1.66. The summed E-state index contributed by atoms with van der Waals surface area (Å²) in [6, 6.07) is 15.2. The summed E-state index contributed by atoms with van der Waals surface area (Å²) in [5.41, 5.74) is 0.642. The highest BCUT2D eigenvalue weighted by Crippen LogP contribution is 2.35. The summed E-state index contributed by atoms with van der Waals surface area (Å²) in [4.78, 5) is 36.1. The molecule has 1 heterocycles. The van der Waals surface area contributed by atoms with Crippen LogP contribution in [0.4, 0.5) is 15.0 Å². The van der Waals surface area contributed by atoms with Gasteiger partial charge in [-0.3, -0.25) is 14.7 Å². The number of hydrogen-bond acceptors (Lipinski definition) is 7. The van der Waals surface area contributed by atoms with E-state index in [0.717, 1.165) is 10.8 Å². The summed E-state index contributed by atoms with van der Waals surface area (Å²) >= 11 is 0. The van der Waals surface area contributed by atoms with Crippen LogP contribution in [0.25, 0.3) is 10.8 Å². The lowest BCUT2D eigenvalue weighted by molar-refractivity contribution is -0.0156. The predicted molar refractivity (Wildman–Crippen MR) is 127 cm³/mol. The maximum absolute atomic E-state index is 13.6. The van der Waals surface area contributed by atoms with Crippen LogP contribution in [0.1, 0.15) is 18.4 Å². The largest absolute Gasteiger partial charge is 0.469 e. The fourth-order valence-corrected chi connectivity index (χ4v) is 3.77. The van der Waals surface area contributed by atoms with Gasteiger partial charge in [0.2, 0.25) is 0 Å². The van der Waals surface area contributed by atoms with Crippen molar-refractivity contribution in [3.8, 4) is 0 Å². The molecule has 0 aliphatic rings. The molecule has 0 radical (unpaired) electrons. The zero-order valence-corrected chi connectivity index (χ0v) is 19.8. The van der Waals surface area contributed by atoms with Gasteiger partial charge >= 0.3 is 13.9 Å². The fourth-order valence-electron chi connectivity index (χ4n) is 3.41. The van der Waals surface area contributed by atoms with E-state index >= 15 is 0 Å². The quantitative estimate of drug-likeness (QED) is 0.226. The SMILES string of the molecule is CN(Cc1cccc(F)c1)C(CCC(O)COP(=O)(O)O)OC(=O)Nc1cc2ccccc2cn1. The van der Waals surface area contributed by atoms with Crippen molar-refractivity contribution in [3.05, 3.63) is 72.2 Å². The number of rotatable bonds is 11. The highest BCUT2D eigenvalue weighted by atomic mass is 31.2. The van der Waals surface area contributed by atoms with Crippen molar-refractivity contribution in [1.29, 1.82) is 0 Å². The average molecular weight is 507 g/mol. The van der Waals surface area contributed by atoms with Crippen LogP contribution in [0.5, 0.6) is 0 Å². The average Bonchev–Trinajstić information content (AvgIpc) is 2.79. The second-order valence-corrected chi connectivity index (χ2v) is 9.20. The first-order valence-corrected chi connectivity index (χ1v) is 12.3. The molecule has 2 aromatic carbocycles. The zero-order valence-electron chi connectivity index (χ0n) is 19.0. The second kappa shape index (κ2) is 12.2. The number of benzene rings is 2. The number of pyridine rings is 1. The van der Waals surface area contributed by atoms with Crippen LogP contribution < -0.4 is 5.32 Å². The predicted octanol–water partition coefficient (Wildman–Crippen LogP) is 3.63. The highest BCUT2D eigenvalue weighted by molar-refractivity contribution is 7.46. The number of anilines is 1. The molecule has 2 unspecified atom stereocenters. The molecule has 3 aromatic rings. The Bertz CT molecular complexity index is 1190. The number of phosphoric ester groups is 1. The summed E-state index contributed by atoms with van der Waals surface area (Å²) in [7, 11) is -3.06. The van der Waals surface area contributed by atoms with Gasteiger partial charge in [-0.2, -0.15) is 0 Å². The number of amides is 1. The number of nitrogens with one attached hydrogen (secondary N) is 1. The smallest absolute Gasteiger partial charge is 0.430 e. The number of aliphatic hydroxyl groups is 1. The van der Waals surface area contributed by atoms with Gasteiger partial charge in [0.05, 0.1) is 12.7 Å². The molecule has 0 aliphatic carbocycles. The lowest BCUT2D eigenvalue weighted by atomic mass is 10.1. The summed E-state index contributed by atoms with van der Waals surface area (Å²) in [5.74, 6) is -0.117. The molecule has 188 valence electrons. The van der Waals surface area contributed by atoms with Crippen LogP contribution in [-0.2, 0) is 20.4 Å². The number of hydrogen-bond donors (Lipinski definition) is 4. The van der Waals surface area contributed by atoms with E-state index in [0.29, 0.717) is 5.56 Å². The van der Waals surface area contributed by atoms with Crippen LogP contribution in [-0.4, -0.2) is 56.9 Å². The van der Waals surface area contributed by atoms with E-state index in [1.807, 2.05) is 24.3 Å². The molecule has 4 N–H and O–H groups in total. The number of nitrogens with zero attached hydrogens (tertiary/aromatic N) is 2. The Kier molecular flexibility index (Phi) is 9.27. The van der Waals surface area contributed by atoms with Crippen molar-refractivity contribution in [3.63, 3.8) is 0 Å². The molecule has 2 atom stereocenters. The molecule has 0 aliphatic heterocycles. The molecule has 0 fully saturated rings. The molecule has 10 nitrogen and oxygen atoms in total. The molecular formula is C23H27FN3O7P. The molecule has 12 heteroatoms.